The summed E-state index contributed by atoms with van der Waals surface area (Å²) in [5.41, 5.74) is 8.46. The van der Waals surface area contributed by atoms with Crippen LogP contribution < -0.4 is 10.5 Å². The molecule has 12 heteroatoms. The van der Waals surface area contributed by atoms with Gasteiger partial charge in [-0.15, -0.1) is 0 Å². The summed E-state index contributed by atoms with van der Waals surface area (Å²) in [6.07, 6.45) is 0.962. The Bertz CT molecular complexity index is 1850. The van der Waals surface area contributed by atoms with Crippen LogP contribution in [0.3, 0.4) is 0 Å². The molecule has 3 N–H and O–H groups in total. The predicted octanol–water partition coefficient (Wildman–Crippen LogP) is 3.87. The zero-order chi connectivity index (χ0) is 30.2. The largest absolute Gasteiger partial charge is 0.378 e. The van der Waals surface area contributed by atoms with Crippen molar-refractivity contribution >= 4 is 32.7 Å². The van der Waals surface area contributed by atoms with Gasteiger partial charge in [0.25, 0.3) is 0 Å². The average molecular weight is 594 g/mol. The molecule has 1 fully saturated rings. The highest BCUT2D eigenvalue weighted by molar-refractivity contribution is 7.92. The number of amides is 1. The van der Waals surface area contributed by atoms with Gasteiger partial charge in [0.15, 0.2) is 5.82 Å². The molecule has 9 nitrogen and oxygen atoms in total. The molecule has 1 atom stereocenters. The molecular weight excluding hydrogens is 564 g/mol. The summed E-state index contributed by atoms with van der Waals surface area (Å²) < 4.78 is 61.5. The number of aryl methyl sites for hydroxylation is 1. The van der Waals surface area contributed by atoms with E-state index in [0.29, 0.717) is 52.2 Å². The number of rotatable bonds is 8. The van der Waals surface area contributed by atoms with Crippen LogP contribution in [0.5, 0.6) is 0 Å². The Morgan fingerprint density at radius 3 is 2.50 bits per heavy atom. The molecule has 1 saturated heterocycles. The van der Waals surface area contributed by atoms with E-state index < -0.39 is 33.5 Å². The normalized spacial score (nSPS) is 15.0. The van der Waals surface area contributed by atoms with Gasteiger partial charge in [0.05, 0.1) is 36.1 Å². The Hall–Kier alpha value is -4.34. The van der Waals surface area contributed by atoms with Crippen LogP contribution >= 0.6 is 0 Å². The third-order valence-corrected chi connectivity index (χ3v) is 7.50. The molecule has 0 aliphatic carbocycles. The number of pyridine rings is 1. The molecule has 2 aromatic heterocycles. The maximum atomic E-state index is 14.1. The Labute approximate surface area is 242 Å². The monoisotopic (exact) mass is 593 g/mol. The van der Waals surface area contributed by atoms with E-state index in [1.807, 2.05) is 19.1 Å². The van der Waals surface area contributed by atoms with Crippen molar-refractivity contribution in [1.82, 2.24) is 14.8 Å². The second-order valence-corrected chi connectivity index (χ2v) is 12.6. The van der Waals surface area contributed by atoms with Crippen LogP contribution in [-0.2, 0) is 33.0 Å². The fraction of sp³-hybridized carbons (Fsp3) is 0.300. The number of benzene rings is 2. The van der Waals surface area contributed by atoms with Crippen molar-refractivity contribution in [2.75, 3.05) is 24.2 Å². The fourth-order valence-electron chi connectivity index (χ4n) is 5.11. The standard InChI is InChI=1S/C30H29F2N5O4S/c1-30(16-41-17-30)10-9-22-7-8-23(24-5-4-6-25-28(24)37(2)35-29(25)36-42(3,39)40)27(34-22)19(14-26(33)38)11-18-12-20(31)15-21(32)13-18/h4-8,12-13,15,19H,11,14,16-17H2,1-3H3,(H2,33,38)(H,35,36)/t19-/m0/s1. The number of hydrogen-bond donors (Lipinski definition) is 2. The zero-order valence-corrected chi connectivity index (χ0v) is 24.1. The summed E-state index contributed by atoms with van der Waals surface area (Å²) in [6.45, 7) is 3.00. The van der Waals surface area contributed by atoms with Crippen LogP contribution in [0.1, 0.15) is 36.2 Å². The van der Waals surface area contributed by atoms with Crippen molar-refractivity contribution in [3.63, 3.8) is 0 Å². The van der Waals surface area contributed by atoms with Gasteiger partial charge in [-0.1, -0.05) is 18.1 Å². The lowest BCUT2D eigenvalue weighted by Crippen LogP contribution is -2.38. The molecule has 1 amide bonds. The minimum absolute atomic E-state index is 0.0717. The van der Waals surface area contributed by atoms with Gasteiger partial charge in [-0.25, -0.2) is 22.2 Å². The summed E-state index contributed by atoms with van der Waals surface area (Å²) in [4.78, 5) is 17.1. The number of para-hydroxylation sites is 1. The maximum absolute atomic E-state index is 14.1. The minimum Gasteiger partial charge on any atom is -0.378 e. The molecule has 5 rings (SSSR count). The first-order chi connectivity index (χ1) is 19.8. The molecule has 42 heavy (non-hydrogen) atoms. The summed E-state index contributed by atoms with van der Waals surface area (Å²) >= 11 is 0. The third kappa shape index (κ3) is 6.42. The summed E-state index contributed by atoms with van der Waals surface area (Å²) in [5.74, 6) is 3.71. The average Bonchev–Trinajstić information content (AvgIpc) is 3.18. The number of nitrogens with zero attached hydrogens (tertiary/aromatic N) is 3. The molecule has 4 aromatic rings. The number of carbonyl (C=O) groups excluding carboxylic acids is 1. The number of halogens is 2. The van der Waals surface area contributed by atoms with Gasteiger partial charge in [0.1, 0.15) is 17.3 Å². The first-order valence-electron chi connectivity index (χ1n) is 13.1. The number of nitrogens with one attached hydrogen (secondary N) is 1. The summed E-state index contributed by atoms with van der Waals surface area (Å²) in [7, 11) is -1.92. The molecular formula is C30H29F2N5O4S. The summed E-state index contributed by atoms with van der Waals surface area (Å²) in [6, 6.07) is 12.1. The highest BCUT2D eigenvalue weighted by Crippen LogP contribution is 2.38. The SMILES string of the molecule is Cn1nc(NS(C)(=O)=O)c2cccc(-c3ccc(C#CC4(C)COC4)nc3[C@H](CC(N)=O)Cc3cc(F)cc(F)c3)c21. The topological polar surface area (TPSA) is 129 Å². The minimum atomic E-state index is -3.61. The van der Waals surface area contributed by atoms with Crippen molar-refractivity contribution in [1.29, 1.82) is 0 Å². The van der Waals surface area contributed by atoms with E-state index in [1.54, 1.807) is 29.9 Å². The Morgan fingerprint density at radius 1 is 1.17 bits per heavy atom. The third-order valence-electron chi connectivity index (χ3n) is 6.93. The smallest absolute Gasteiger partial charge is 0.231 e. The van der Waals surface area contributed by atoms with Crippen molar-refractivity contribution in [2.45, 2.75) is 25.7 Å². The number of nitrogens with two attached hydrogens (primary N) is 1. The summed E-state index contributed by atoms with van der Waals surface area (Å²) in [5, 5.41) is 4.92. The van der Waals surface area contributed by atoms with Gasteiger partial charge in [0, 0.05) is 42.0 Å². The van der Waals surface area contributed by atoms with Crippen molar-refractivity contribution in [3.05, 3.63) is 77.1 Å². The maximum Gasteiger partial charge on any atom is 0.231 e. The molecule has 0 spiro atoms. The first-order valence-corrected chi connectivity index (χ1v) is 15.0. The predicted molar refractivity (Wildman–Crippen MR) is 155 cm³/mol. The number of ether oxygens (including phenoxy) is 1. The molecule has 1 aliphatic rings. The lowest BCUT2D eigenvalue weighted by molar-refractivity contribution is -0.118. The molecule has 0 unspecified atom stereocenters. The zero-order valence-electron chi connectivity index (χ0n) is 23.2. The quantitative estimate of drug-likeness (QED) is 0.299. The van der Waals surface area contributed by atoms with Crippen LogP contribution in [0.2, 0.25) is 0 Å². The second kappa shape index (κ2) is 11.2. The molecule has 1 aliphatic heterocycles. The van der Waals surface area contributed by atoms with Gasteiger partial charge >= 0.3 is 0 Å². The molecule has 2 aromatic carbocycles. The first kappa shape index (κ1) is 29.2. The van der Waals surface area contributed by atoms with E-state index in [0.717, 1.165) is 12.3 Å². The van der Waals surface area contributed by atoms with Crippen LogP contribution in [0.4, 0.5) is 14.6 Å². The van der Waals surface area contributed by atoms with Crippen molar-refractivity contribution in [2.24, 2.45) is 18.2 Å². The number of carbonyl (C=O) groups is 1. The number of anilines is 1. The molecule has 0 radical (unpaired) electrons. The van der Waals surface area contributed by atoms with Gasteiger partial charge in [-0.2, -0.15) is 5.10 Å². The van der Waals surface area contributed by atoms with Crippen LogP contribution in [0.25, 0.3) is 22.0 Å². The Balaban J connectivity index is 1.70. The Morgan fingerprint density at radius 2 is 1.88 bits per heavy atom. The molecule has 218 valence electrons. The van der Waals surface area contributed by atoms with Crippen LogP contribution in [0, 0.1) is 28.9 Å². The number of primary amides is 1. The van der Waals surface area contributed by atoms with Gasteiger partial charge < -0.3 is 10.5 Å². The van der Waals surface area contributed by atoms with E-state index in [-0.39, 0.29) is 24.1 Å². The molecule has 0 bridgehead atoms. The van der Waals surface area contributed by atoms with E-state index in [2.05, 4.69) is 21.7 Å². The molecule has 0 saturated carbocycles. The lowest BCUT2D eigenvalue weighted by Gasteiger charge is -2.32. The van der Waals surface area contributed by atoms with Gasteiger partial charge in [-0.05, 0) is 55.2 Å². The fourth-order valence-corrected chi connectivity index (χ4v) is 5.61. The number of sulfonamides is 1. The Kier molecular flexibility index (Phi) is 7.74. The van der Waals surface area contributed by atoms with Crippen molar-refractivity contribution in [3.8, 4) is 23.0 Å². The van der Waals surface area contributed by atoms with Crippen LogP contribution in [0.15, 0.2) is 48.5 Å². The van der Waals surface area contributed by atoms with Gasteiger partial charge in [-0.3, -0.25) is 14.2 Å². The number of aromatic nitrogens is 3. The van der Waals surface area contributed by atoms with E-state index in [9.17, 15) is 22.0 Å². The van der Waals surface area contributed by atoms with Gasteiger partial charge in [0.2, 0.25) is 15.9 Å². The lowest BCUT2D eigenvalue weighted by atomic mass is 9.87. The van der Waals surface area contributed by atoms with Crippen molar-refractivity contribution < 1.29 is 26.7 Å². The number of hydrogen-bond acceptors (Lipinski definition) is 6. The van der Waals surface area contributed by atoms with E-state index >= 15 is 0 Å². The van der Waals surface area contributed by atoms with E-state index in [4.69, 9.17) is 15.5 Å². The second-order valence-electron chi connectivity index (χ2n) is 10.8. The molecule has 3 heterocycles. The highest BCUT2D eigenvalue weighted by atomic mass is 32.2. The highest BCUT2D eigenvalue weighted by Gasteiger charge is 2.31. The van der Waals surface area contributed by atoms with Crippen LogP contribution in [-0.4, -0.2) is 48.6 Å². The van der Waals surface area contributed by atoms with E-state index in [1.165, 1.54) is 12.1 Å². The number of fused-ring (bicyclic) bond motifs is 1.